The number of fused-ring (bicyclic) bond motifs is 2. The van der Waals surface area contributed by atoms with Crippen molar-refractivity contribution < 1.29 is 4.74 Å². The van der Waals surface area contributed by atoms with Crippen molar-refractivity contribution in [3.63, 3.8) is 0 Å². The molecule has 1 aromatic heterocycles. The summed E-state index contributed by atoms with van der Waals surface area (Å²) < 4.78 is 6.68. The molecular weight excluding hydrogens is 328 g/mol. The lowest BCUT2D eigenvalue weighted by molar-refractivity contribution is 0.160. The fraction of sp³-hybridized carbons (Fsp3) is 0.381. The second-order valence-electron chi connectivity index (χ2n) is 6.93. The van der Waals surface area contributed by atoms with E-state index in [-0.39, 0.29) is 0 Å². The van der Waals surface area contributed by atoms with Crippen LogP contribution in [0.5, 0.6) is 5.75 Å². The Bertz CT molecular complexity index is 888. The number of nitrogens with zero attached hydrogens (tertiary/aromatic N) is 2. The lowest BCUT2D eigenvalue weighted by atomic mass is 10.00. The molecule has 2 unspecified atom stereocenters. The van der Waals surface area contributed by atoms with E-state index in [1.54, 1.807) is 18.4 Å². The number of benzene rings is 2. The van der Waals surface area contributed by atoms with Crippen molar-refractivity contribution in [3.8, 4) is 5.75 Å². The molecule has 0 bridgehead atoms. The Morgan fingerprint density at radius 1 is 1.20 bits per heavy atom. The summed E-state index contributed by atoms with van der Waals surface area (Å²) in [6.45, 7) is 5.74. The zero-order chi connectivity index (χ0) is 17.4. The van der Waals surface area contributed by atoms with Gasteiger partial charge in [-0.1, -0.05) is 12.1 Å². The lowest BCUT2D eigenvalue weighted by Gasteiger charge is -2.33. The third-order valence-electron chi connectivity index (χ3n) is 5.47. The van der Waals surface area contributed by atoms with Gasteiger partial charge in [-0.2, -0.15) is 0 Å². The third kappa shape index (κ3) is 3.16. The molecule has 0 N–H and O–H groups in total. The van der Waals surface area contributed by atoms with Crippen LogP contribution in [-0.4, -0.2) is 29.6 Å². The Hall–Kier alpha value is -1.91. The zero-order valence-electron chi connectivity index (χ0n) is 15.0. The van der Waals surface area contributed by atoms with Gasteiger partial charge in [0.1, 0.15) is 5.75 Å². The summed E-state index contributed by atoms with van der Waals surface area (Å²) in [5.41, 5.74) is 7.28. The molecule has 0 saturated carbocycles. The number of aromatic nitrogens is 1. The second-order valence-corrected chi connectivity index (χ2v) is 7.82. The minimum atomic E-state index is 0.386. The summed E-state index contributed by atoms with van der Waals surface area (Å²) in [7, 11) is 1.74. The van der Waals surface area contributed by atoms with Gasteiger partial charge in [-0.15, -0.1) is 11.3 Å². The van der Waals surface area contributed by atoms with Gasteiger partial charge in [-0.25, -0.2) is 4.98 Å². The molecule has 4 heteroatoms. The van der Waals surface area contributed by atoms with Crippen LogP contribution in [0.25, 0.3) is 10.2 Å². The minimum Gasteiger partial charge on any atom is -0.497 e. The molecular formula is C21H24N2OS. The van der Waals surface area contributed by atoms with Crippen molar-refractivity contribution in [1.82, 2.24) is 9.88 Å². The highest BCUT2D eigenvalue weighted by atomic mass is 32.1. The van der Waals surface area contributed by atoms with Gasteiger partial charge in [0.2, 0.25) is 0 Å². The fourth-order valence-corrected chi connectivity index (χ4v) is 4.63. The second kappa shape index (κ2) is 6.77. The van der Waals surface area contributed by atoms with Gasteiger partial charge in [0.15, 0.2) is 0 Å². The van der Waals surface area contributed by atoms with Gasteiger partial charge < -0.3 is 4.74 Å². The predicted octanol–water partition coefficient (Wildman–Crippen LogP) is 4.86. The Balaban J connectivity index is 1.60. The first-order chi connectivity index (χ1) is 12.2. The molecule has 4 rings (SSSR count). The van der Waals surface area contributed by atoms with Crippen LogP contribution in [0.15, 0.2) is 41.9 Å². The molecule has 25 heavy (non-hydrogen) atoms. The van der Waals surface area contributed by atoms with Crippen LogP contribution < -0.4 is 4.74 Å². The molecule has 1 aliphatic rings. The molecule has 0 radical (unpaired) electrons. The molecule has 2 heterocycles. The van der Waals surface area contributed by atoms with Crippen molar-refractivity contribution in [3.05, 3.63) is 58.6 Å². The number of methoxy groups -OCH3 is 1. The maximum atomic E-state index is 5.41. The van der Waals surface area contributed by atoms with Crippen LogP contribution in [0.1, 0.15) is 36.6 Å². The maximum Gasteiger partial charge on any atom is 0.119 e. The molecule has 0 fully saturated rings. The molecule has 1 aliphatic heterocycles. The van der Waals surface area contributed by atoms with E-state index >= 15 is 0 Å². The SMILES string of the molecule is COc1ccc2c(c1)CC(C)N(C(C)c1ccc3scnc3c1)CC2. The highest BCUT2D eigenvalue weighted by Gasteiger charge is 2.25. The Labute approximate surface area is 153 Å². The van der Waals surface area contributed by atoms with Gasteiger partial charge >= 0.3 is 0 Å². The van der Waals surface area contributed by atoms with Crippen LogP contribution in [0.4, 0.5) is 0 Å². The molecule has 0 aliphatic carbocycles. The zero-order valence-corrected chi connectivity index (χ0v) is 15.8. The van der Waals surface area contributed by atoms with Crippen molar-refractivity contribution in [2.75, 3.05) is 13.7 Å². The van der Waals surface area contributed by atoms with Gasteiger partial charge in [-0.3, -0.25) is 4.90 Å². The predicted molar refractivity (Wildman–Crippen MR) is 105 cm³/mol. The Morgan fingerprint density at radius 3 is 2.92 bits per heavy atom. The Morgan fingerprint density at radius 2 is 2.08 bits per heavy atom. The summed E-state index contributed by atoms with van der Waals surface area (Å²) in [6.07, 6.45) is 2.16. The van der Waals surface area contributed by atoms with Crippen LogP contribution >= 0.6 is 11.3 Å². The summed E-state index contributed by atoms with van der Waals surface area (Å²) in [5, 5.41) is 0. The molecule has 130 valence electrons. The highest BCUT2D eigenvalue weighted by molar-refractivity contribution is 7.16. The topological polar surface area (TPSA) is 25.4 Å². The number of hydrogen-bond acceptors (Lipinski definition) is 4. The quantitative estimate of drug-likeness (QED) is 0.673. The smallest absolute Gasteiger partial charge is 0.119 e. The standard InChI is InChI=1S/C21H24N2OS/c1-14-10-18-11-19(24-3)6-4-16(18)8-9-23(14)15(2)17-5-7-21-20(12-17)22-13-25-21/h4-7,11-15H,8-10H2,1-3H3. The van der Waals surface area contributed by atoms with Gasteiger partial charge in [0.25, 0.3) is 0 Å². The molecule has 0 amide bonds. The van der Waals surface area contributed by atoms with E-state index in [4.69, 9.17) is 4.74 Å². The van der Waals surface area contributed by atoms with E-state index in [0.29, 0.717) is 12.1 Å². The number of rotatable bonds is 3. The van der Waals surface area contributed by atoms with Gasteiger partial charge in [-0.05, 0) is 67.6 Å². The van der Waals surface area contributed by atoms with E-state index in [1.807, 2.05) is 5.51 Å². The monoisotopic (exact) mass is 352 g/mol. The van der Waals surface area contributed by atoms with Crippen LogP contribution in [-0.2, 0) is 12.8 Å². The number of hydrogen-bond donors (Lipinski definition) is 0. The van der Waals surface area contributed by atoms with Crippen molar-refractivity contribution in [2.45, 2.75) is 38.8 Å². The Kier molecular flexibility index (Phi) is 4.48. The van der Waals surface area contributed by atoms with Crippen LogP contribution in [0, 0.1) is 0 Å². The van der Waals surface area contributed by atoms with Crippen LogP contribution in [0.2, 0.25) is 0 Å². The first-order valence-corrected chi connectivity index (χ1v) is 9.78. The molecule has 2 atom stereocenters. The summed E-state index contributed by atoms with van der Waals surface area (Å²) in [6, 6.07) is 14.1. The van der Waals surface area contributed by atoms with E-state index in [1.165, 1.54) is 21.4 Å². The van der Waals surface area contributed by atoms with E-state index in [9.17, 15) is 0 Å². The molecule has 3 nitrogen and oxygen atoms in total. The minimum absolute atomic E-state index is 0.386. The van der Waals surface area contributed by atoms with Crippen molar-refractivity contribution in [1.29, 1.82) is 0 Å². The lowest BCUT2D eigenvalue weighted by Crippen LogP contribution is -2.36. The summed E-state index contributed by atoms with van der Waals surface area (Å²) in [5.74, 6) is 0.960. The molecule has 0 saturated heterocycles. The molecule has 2 aromatic carbocycles. The fourth-order valence-electron chi connectivity index (χ4n) is 3.97. The normalized spacial score (nSPS) is 19.4. The largest absolute Gasteiger partial charge is 0.497 e. The number of thiazole rings is 1. The third-order valence-corrected chi connectivity index (χ3v) is 6.28. The molecule has 0 spiro atoms. The first-order valence-electron chi connectivity index (χ1n) is 8.90. The average Bonchev–Trinajstić information content (AvgIpc) is 3.03. The first kappa shape index (κ1) is 16.6. The van der Waals surface area contributed by atoms with Gasteiger partial charge in [0.05, 0.1) is 22.8 Å². The van der Waals surface area contributed by atoms with E-state index in [2.05, 4.69) is 60.1 Å². The molecule has 3 aromatic rings. The summed E-state index contributed by atoms with van der Waals surface area (Å²) >= 11 is 1.71. The van der Waals surface area contributed by atoms with Crippen LogP contribution in [0.3, 0.4) is 0 Å². The maximum absolute atomic E-state index is 5.41. The van der Waals surface area contributed by atoms with Gasteiger partial charge in [0, 0.05) is 18.6 Å². The number of ether oxygens (including phenoxy) is 1. The van der Waals surface area contributed by atoms with E-state index < -0.39 is 0 Å². The summed E-state index contributed by atoms with van der Waals surface area (Å²) in [4.78, 5) is 7.11. The van der Waals surface area contributed by atoms with Crippen molar-refractivity contribution in [2.24, 2.45) is 0 Å². The van der Waals surface area contributed by atoms with Crippen molar-refractivity contribution >= 4 is 21.6 Å². The van der Waals surface area contributed by atoms with E-state index in [0.717, 1.165) is 30.7 Å². The average molecular weight is 353 g/mol. The highest BCUT2D eigenvalue weighted by Crippen LogP contribution is 2.31.